The number of rotatable bonds is 3. The molecule has 1 aliphatic carbocycles. The largest absolute Gasteiger partial charge is 0.326 e. The van der Waals surface area contributed by atoms with Crippen LogP contribution in [0.3, 0.4) is 0 Å². The van der Waals surface area contributed by atoms with E-state index in [0.29, 0.717) is 6.04 Å². The maximum atomic E-state index is 6.34. The fourth-order valence-corrected chi connectivity index (χ4v) is 3.44. The molecule has 102 valence electrons. The quantitative estimate of drug-likeness (QED) is 0.894. The van der Waals surface area contributed by atoms with E-state index in [0.717, 1.165) is 18.8 Å². The highest BCUT2D eigenvalue weighted by molar-refractivity contribution is 5.25. The molecule has 0 spiro atoms. The lowest BCUT2D eigenvalue weighted by molar-refractivity contribution is 0.214. The predicted octanol–water partition coefficient (Wildman–Crippen LogP) is 3.14. The molecule has 0 aromatic carbocycles. The Hall–Kier alpha value is -0.830. The molecule has 3 heteroatoms. The summed E-state index contributed by atoms with van der Waals surface area (Å²) in [5.41, 5.74) is 10.2. The molecule has 1 aliphatic rings. The fourth-order valence-electron chi connectivity index (χ4n) is 3.44. The molecular weight excluding hydrogens is 222 g/mol. The van der Waals surface area contributed by atoms with E-state index in [1.54, 1.807) is 0 Å². The van der Waals surface area contributed by atoms with Gasteiger partial charge in [0.25, 0.3) is 0 Å². The van der Waals surface area contributed by atoms with Crippen LogP contribution in [0.2, 0.25) is 0 Å². The molecule has 1 aromatic rings. The molecule has 0 saturated heterocycles. The lowest BCUT2D eigenvalue weighted by atomic mass is 9.81. The number of hydrogen-bond donors (Lipinski definition) is 1. The van der Waals surface area contributed by atoms with E-state index < -0.39 is 0 Å². The van der Waals surface area contributed by atoms with Crippen LogP contribution in [-0.4, -0.2) is 15.8 Å². The Bertz CT molecular complexity index is 408. The van der Waals surface area contributed by atoms with Crippen molar-refractivity contribution in [2.75, 3.05) is 0 Å². The summed E-state index contributed by atoms with van der Waals surface area (Å²) >= 11 is 0. The first-order valence-corrected chi connectivity index (χ1v) is 7.38. The number of nitrogens with two attached hydrogens (primary N) is 1. The highest BCUT2D eigenvalue weighted by Crippen LogP contribution is 2.34. The zero-order chi connectivity index (χ0) is 13.3. The molecule has 3 unspecified atom stereocenters. The summed E-state index contributed by atoms with van der Waals surface area (Å²) in [6.45, 7) is 8.81. The third kappa shape index (κ3) is 2.33. The predicted molar refractivity (Wildman–Crippen MR) is 75.7 cm³/mol. The fraction of sp³-hybridized carbons (Fsp3) is 0.800. The maximum Gasteiger partial charge on any atom is 0.0675 e. The van der Waals surface area contributed by atoms with Crippen molar-refractivity contribution in [2.45, 2.75) is 71.9 Å². The SMILES string of the molecule is CCc1c(C)nn(C2CC(CC)CCC2N)c1C. The minimum absolute atomic E-state index is 0.274. The molecular formula is C15H27N3. The van der Waals surface area contributed by atoms with Crippen molar-refractivity contribution in [1.29, 1.82) is 0 Å². The molecule has 1 heterocycles. The summed E-state index contributed by atoms with van der Waals surface area (Å²) in [4.78, 5) is 0. The van der Waals surface area contributed by atoms with Gasteiger partial charge >= 0.3 is 0 Å². The van der Waals surface area contributed by atoms with E-state index in [4.69, 9.17) is 10.8 Å². The molecule has 0 radical (unpaired) electrons. The molecule has 0 bridgehead atoms. The average molecular weight is 249 g/mol. The van der Waals surface area contributed by atoms with Crippen molar-refractivity contribution in [2.24, 2.45) is 11.7 Å². The first-order valence-electron chi connectivity index (χ1n) is 7.38. The highest BCUT2D eigenvalue weighted by atomic mass is 15.3. The topological polar surface area (TPSA) is 43.8 Å². The summed E-state index contributed by atoms with van der Waals surface area (Å²) in [5, 5.41) is 4.76. The molecule has 3 atom stereocenters. The molecule has 0 aliphatic heterocycles. The molecule has 0 amide bonds. The summed E-state index contributed by atoms with van der Waals surface area (Å²) < 4.78 is 2.22. The summed E-state index contributed by atoms with van der Waals surface area (Å²) in [5.74, 6) is 0.823. The second-order valence-corrected chi connectivity index (χ2v) is 5.77. The minimum Gasteiger partial charge on any atom is -0.326 e. The lowest BCUT2D eigenvalue weighted by Crippen LogP contribution is -2.38. The van der Waals surface area contributed by atoms with Gasteiger partial charge in [-0.3, -0.25) is 4.68 Å². The molecule has 2 N–H and O–H groups in total. The normalized spacial score (nSPS) is 28.6. The third-order valence-corrected chi connectivity index (χ3v) is 4.70. The second-order valence-electron chi connectivity index (χ2n) is 5.77. The molecule has 1 saturated carbocycles. The van der Waals surface area contributed by atoms with Crippen molar-refractivity contribution in [1.82, 2.24) is 9.78 Å². The van der Waals surface area contributed by atoms with Crippen LogP contribution in [-0.2, 0) is 6.42 Å². The molecule has 1 fully saturated rings. The Morgan fingerprint density at radius 3 is 2.56 bits per heavy atom. The smallest absolute Gasteiger partial charge is 0.0675 e. The van der Waals surface area contributed by atoms with Gasteiger partial charge in [0.2, 0.25) is 0 Å². The van der Waals surface area contributed by atoms with Crippen molar-refractivity contribution in [3.8, 4) is 0 Å². The Morgan fingerprint density at radius 1 is 1.28 bits per heavy atom. The number of aryl methyl sites for hydroxylation is 1. The average Bonchev–Trinajstić information content (AvgIpc) is 2.65. The van der Waals surface area contributed by atoms with Gasteiger partial charge in [-0.2, -0.15) is 5.10 Å². The van der Waals surface area contributed by atoms with Gasteiger partial charge in [-0.05, 0) is 51.0 Å². The van der Waals surface area contributed by atoms with Crippen LogP contribution in [0.1, 0.15) is 62.5 Å². The van der Waals surface area contributed by atoms with Gasteiger partial charge in [-0.1, -0.05) is 20.3 Å². The summed E-state index contributed by atoms with van der Waals surface area (Å²) in [6.07, 6.45) is 5.96. The monoisotopic (exact) mass is 249 g/mol. The zero-order valence-corrected chi connectivity index (χ0v) is 12.2. The van der Waals surface area contributed by atoms with Crippen LogP contribution in [0.25, 0.3) is 0 Å². The van der Waals surface area contributed by atoms with Gasteiger partial charge in [0.05, 0.1) is 11.7 Å². The first kappa shape index (κ1) is 13.6. The maximum absolute atomic E-state index is 6.34. The molecule has 3 nitrogen and oxygen atoms in total. The second kappa shape index (κ2) is 5.43. The van der Waals surface area contributed by atoms with Crippen molar-refractivity contribution < 1.29 is 0 Å². The Balaban J connectivity index is 2.29. The van der Waals surface area contributed by atoms with Gasteiger partial charge in [0, 0.05) is 11.7 Å². The van der Waals surface area contributed by atoms with E-state index in [1.807, 2.05) is 0 Å². The van der Waals surface area contributed by atoms with Crippen LogP contribution >= 0.6 is 0 Å². The van der Waals surface area contributed by atoms with Crippen LogP contribution in [0, 0.1) is 19.8 Å². The van der Waals surface area contributed by atoms with Crippen LogP contribution in [0.15, 0.2) is 0 Å². The van der Waals surface area contributed by atoms with Gasteiger partial charge < -0.3 is 5.73 Å². The van der Waals surface area contributed by atoms with E-state index in [-0.39, 0.29) is 6.04 Å². The summed E-state index contributed by atoms with van der Waals surface area (Å²) in [7, 11) is 0. The van der Waals surface area contributed by atoms with E-state index in [1.165, 1.54) is 36.2 Å². The van der Waals surface area contributed by atoms with Gasteiger partial charge in [-0.25, -0.2) is 0 Å². The van der Waals surface area contributed by atoms with Gasteiger partial charge in [-0.15, -0.1) is 0 Å². The molecule has 1 aromatic heterocycles. The Morgan fingerprint density at radius 2 is 2.00 bits per heavy atom. The zero-order valence-electron chi connectivity index (χ0n) is 12.2. The van der Waals surface area contributed by atoms with Crippen LogP contribution < -0.4 is 5.73 Å². The number of nitrogens with zero attached hydrogens (tertiary/aromatic N) is 2. The minimum atomic E-state index is 0.274. The van der Waals surface area contributed by atoms with Crippen LogP contribution in [0.5, 0.6) is 0 Å². The van der Waals surface area contributed by atoms with Gasteiger partial charge in [0.15, 0.2) is 0 Å². The van der Waals surface area contributed by atoms with Crippen molar-refractivity contribution >= 4 is 0 Å². The van der Waals surface area contributed by atoms with E-state index >= 15 is 0 Å². The lowest BCUT2D eigenvalue weighted by Gasteiger charge is -2.34. The standard InChI is InChI=1S/C15H27N3/c1-5-12-7-8-14(16)15(9-12)18-11(4)13(6-2)10(3)17-18/h12,14-15H,5-9,16H2,1-4H3. The Kier molecular flexibility index (Phi) is 4.10. The highest BCUT2D eigenvalue weighted by Gasteiger charge is 2.30. The molecule has 18 heavy (non-hydrogen) atoms. The number of hydrogen-bond acceptors (Lipinski definition) is 2. The van der Waals surface area contributed by atoms with Crippen molar-refractivity contribution in [3.05, 3.63) is 17.0 Å². The van der Waals surface area contributed by atoms with Gasteiger partial charge in [0.1, 0.15) is 0 Å². The first-order chi connectivity index (χ1) is 8.58. The summed E-state index contributed by atoms with van der Waals surface area (Å²) in [6, 6.07) is 0.679. The molecule has 2 rings (SSSR count). The van der Waals surface area contributed by atoms with Crippen LogP contribution in [0.4, 0.5) is 0 Å². The van der Waals surface area contributed by atoms with Crippen molar-refractivity contribution in [3.63, 3.8) is 0 Å². The third-order valence-electron chi connectivity index (χ3n) is 4.70. The van der Waals surface area contributed by atoms with E-state index in [9.17, 15) is 0 Å². The number of aromatic nitrogens is 2. The Labute approximate surface area is 111 Å². The van der Waals surface area contributed by atoms with E-state index in [2.05, 4.69) is 32.4 Å².